The zero-order chi connectivity index (χ0) is 54.3. The fourth-order valence-corrected chi connectivity index (χ4v) is 6.59. The van der Waals surface area contributed by atoms with Crippen LogP contribution in [0.2, 0.25) is 0 Å². The molecule has 0 fully saturated rings. The highest BCUT2D eigenvalue weighted by molar-refractivity contribution is 5.71. The number of carbonyl (C=O) groups is 3. The van der Waals surface area contributed by atoms with E-state index in [1.54, 1.807) is 0 Å². The van der Waals surface area contributed by atoms with Crippen LogP contribution in [-0.4, -0.2) is 37.2 Å². The maximum Gasteiger partial charge on any atom is 0.306 e. The molecule has 0 amide bonds. The molecule has 75 heavy (non-hydrogen) atoms. The lowest BCUT2D eigenvalue weighted by molar-refractivity contribution is -0.166. The van der Waals surface area contributed by atoms with E-state index in [2.05, 4.69) is 191 Å². The van der Waals surface area contributed by atoms with Crippen LogP contribution in [0, 0.1) is 0 Å². The summed E-state index contributed by atoms with van der Waals surface area (Å²) in [5, 5.41) is 0. The number of hydrogen-bond acceptors (Lipinski definition) is 6. The number of allylic oxidation sites excluding steroid dienone is 34. The minimum Gasteiger partial charge on any atom is -0.462 e. The SMILES string of the molecule is CC/C=C\C/C=C\C/C=C\C/C=C\C/C=C\C/C=C\CCC(=O)OCC(COC(=O)CC/C=C\C/C=C\C/C=C\C/C=C\C/C=C\C/C=C\CC)OC(=O)CC/C=C\C/C=C\C/C=C\C/C=C\C/C=C\CCCCC. The van der Waals surface area contributed by atoms with Crippen LogP contribution in [0.3, 0.4) is 0 Å². The summed E-state index contributed by atoms with van der Waals surface area (Å²) in [6, 6.07) is 0. The van der Waals surface area contributed by atoms with E-state index in [1.807, 2.05) is 36.5 Å². The van der Waals surface area contributed by atoms with Gasteiger partial charge in [-0.25, -0.2) is 0 Å². The van der Waals surface area contributed by atoms with E-state index >= 15 is 0 Å². The second kappa shape index (κ2) is 60.5. The number of rotatable bonds is 48. The van der Waals surface area contributed by atoms with Crippen molar-refractivity contribution in [3.63, 3.8) is 0 Å². The van der Waals surface area contributed by atoms with Crippen molar-refractivity contribution < 1.29 is 28.6 Å². The van der Waals surface area contributed by atoms with Crippen molar-refractivity contribution in [3.05, 3.63) is 207 Å². The molecule has 0 heterocycles. The van der Waals surface area contributed by atoms with E-state index in [-0.39, 0.29) is 32.5 Å². The molecule has 0 aromatic heterocycles. The van der Waals surface area contributed by atoms with Crippen LogP contribution < -0.4 is 0 Å². The van der Waals surface area contributed by atoms with Crippen LogP contribution in [0.15, 0.2) is 207 Å². The van der Waals surface area contributed by atoms with Gasteiger partial charge in [0.15, 0.2) is 6.10 Å². The van der Waals surface area contributed by atoms with Crippen molar-refractivity contribution >= 4 is 17.9 Å². The van der Waals surface area contributed by atoms with Crippen molar-refractivity contribution in [2.75, 3.05) is 13.2 Å². The van der Waals surface area contributed by atoms with Gasteiger partial charge < -0.3 is 14.2 Å². The van der Waals surface area contributed by atoms with Crippen LogP contribution >= 0.6 is 0 Å². The predicted molar refractivity (Wildman–Crippen MR) is 324 cm³/mol. The van der Waals surface area contributed by atoms with Crippen molar-refractivity contribution in [1.82, 2.24) is 0 Å². The molecule has 0 saturated heterocycles. The summed E-state index contributed by atoms with van der Waals surface area (Å²) in [6.07, 6.45) is 94.2. The molecular weight excluding hydrogens is 925 g/mol. The molecule has 0 aromatic rings. The Morgan fingerprint density at radius 3 is 0.760 bits per heavy atom. The molecule has 0 radical (unpaired) electrons. The third-order valence-corrected chi connectivity index (χ3v) is 10.8. The minimum absolute atomic E-state index is 0.162. The van der Waals surface area contributed by atoms with Gasteiger partial charge in [0, 0.05) is 19.3 Å². The molecule has 0 unspecified atom stereocenters. The van der Waals surface area contributed by atoms with E-state index < -0.39 is 24.0 Å². The standard InChI is InChI=1S/C69H100O6/c1-4-7-10-13-16-19-22-25-28-31-34-37-40-43-46-49-52-55-58-61-67(70)73-64-66(75-69(72)63-60-57-54-51-48-45-42-39-36-33-30-27-24-21-18-15-12-9-6-3)65-74-68(71)62-59-56-53-50-47-44-41-38-35-32-29-26-23-20-17-14-11-8-5-2/h7-8,10-11,16-21,25-30,34-39,43-48,52-57,66H,4-6,9,12-15,22-24,31-33,40-42,49-51,58-65H2,1-3H3/b10-7-,11-8-,19-16-,20-17-,21-18-,28-25-,29-26-,30-27-,37-34-,38-35-,39-36-,46-43-,47-44-,48-45-,55-52-,56-53-,57-54-. The monoisotopic (exact) mass is 1020 g/mol. The number of carbonyl (C=O) groups excluding carboxylic acids is 3. The number of ether oxygens (including phenoxy) is 3. The normalized spacial score (nSPS) is 13.3. The van der Waals surface area contributed by atoms with E-state index in [4.69, 9.17) is 14.2 Å². The average molecular weight is 1030 g/mol. The molecule has 412 valence electrons. The Morgan fingerprint density at radius 1 is 0.280 bits per heavy atom. The van der Waals surface area contributed by atoms with Crippen LogP contribution in [0.4, 0.5) is 0 Å². The smallest absolute Gasteiger partial charge is 0.306 e. The Bertz CT molecular complexity index is 1800. The molecule has 6 nitrogen and oxygen atoms in total. The number of unbranched alkanes of at least 4 members (excludes halogenated alkanes) is 3. The molecule has 0 spiro atoms. The fourth-order valence-electron chi connectivity index (χ4n) is 6.59. The highest BCUT2D eigenvalue weighted by Crippen LogP contribution is 2.08. The second-order valence-corrected chi connectivity index (χ2v) is 17.7. The molecule has 0 atom stereocenters. The zero-order valence-electron chi connectivity index (χ0n) is 47.0. The highest BCUT2D eigenvalue weighted by Gasteiger charge is 2.19. The summed E-state index contributed by atoms with van der Waals surface area (Å²) in [5.41, 5.74) is 0. The number of hydrogen-bond donors (Lipinski definition) is 0. The number of esters is 3. The van der Waals surface area contributed by atoms with Gasteiger partial charge in [0.05, 0.1) is 0 Å². The summed E-state index contributed by atoms with van der Waals surface area (Å²) in [4.78, 5) is 38.1. The summed E-state index contributed by atoms with van der Waals surface area (Å²) in [6.45, 7) is 6.16. The van der Waals surface area contributed by atoms with Crippen molar-refractivity contribution in [2.45, 2.75) is 194 Å². The lowest BCUT2D eigenvalue weighted by atomic mass is 10.2. The summed E-state index contributed by atoms with van der Waals surface area (Å²) < 4.78 is 16.6. The van der Waals surface area contributed by atoms with Crippen LogP contribution in [0.25, 0.3) is 0 Å². The average Bonchev–Trinajstić information content (AvgIpc) is 3.41. The largest absolute Gasteiger partial charge is 0.462 e. The Hall–Kier alpha value is -6.01. The molecule has 0 aromatic carbocycles. The van der Waals surface area contributed by atoms with Crippen molar-refractivity contribution in [1.29, 1.82) is 0 Å². The summed E-state index contributed by atoms with van der Waals surface area (Å²) in [5.74, 6) is -1.25. The van der Waals surface area contributed by atoms with Crippen molar-refractivity contribution in [3.8, 4) is 0 Å². The maximum atomic E-state index is 12.8. The van der Waals surface area contributed by atoms with Gasteiger partial charge in [-0.1, -0.05) is 240 Å². The van der Waals surface area contributed by atoms with Gasteiger partial charge in [0.25, 0.3) is 0 Å². The first kappa shape index (κ1) is 69.0. The molecule has 0 bridgehead atoms. The molecule has 0 rings (SSSR count). The molecule has 0 aliphatic heterocycles. The van der Waals surface area contributed by atoms with E-state index in [9.17, 15) is 14.4 Å². The zero-order valence-corrected chi connectivity index (χ0v) is 47.0. The van der Waals surface area contributed by atoms with Gasteiger partial charge in [-0.05, 0) is 135 Å². The molecule has 6 heteroatoms. The van der Waals surface area contributed by atoms with Gasteiger partial charge in [-0.15, -0.1) is 0 Å². The van der Waals surface area contributed by atoms with E-state index in [1.165, 1.54) is 25.7 Å². The third kappa shape index (κ3) is 58.7. The molecule has 0 aliphatic rings. The van der Waals surface area contributed by atoms with E-state index in [0.29, 0.717) is 19.3 Å². The molecule has 0 N–H and O–H groups in total. The minimum atomic E-state index is -0.894. The summed E-state index contributed by atoms with van der Waals surface area (Å²) in [7, 11) is 0. The predicted octanol–water partition coefficient (Wildman–Crippen LogP) is 19.6. The third-order valence-electron chi connectivity index (χ3n) is 10.8. The Labute approximate surface area is 458 Å². The van der Waals surface area contributed by atoms with Gasteiger partial charge in [0.2, 0.25) is 0 Å². The first-order chi connectivity index (χ1) is 37.0. The molecular formula is C69H100O6. The van der Waals surface area contributed by atoms with Crippen LogP contribution in [0.5, 0.6) is 0 Å². The molecule has 0 saturated carbocycles. The molecule has 0 aliphatic carbocycles. The highest BCUT2D eigenvalue weighted by atomic mass is 16.6. The van der Waals surface area contributed by atoms with Crippen molar-refractivity contribution in [2.24, 2.45) is 0 Å². The van der Waals surface area contributed by atoms with Crippen LogP contribution in [0.1, 0.15) is 188 Å². The Kier molecular flexibility index (Phi) is 55.7. The first-order valence-electron chi connectivity index (χ1n) is 28.6. The van der Waals surface area contributed by atoms with E-state index in [0.717, 1.165) is 103 Å². The lowest BCUT2D eigenvalue weighted by Gasteiger charge is -2.18. The van der Waals surface area contributed by atoms with Gasteiger partial charge in [0.1, 0.15) is 13.2 Å². The van der Waals surface area contributed by atoms with Gasteiger partial charge in [-0.3, -0.25) is 14.4 Å². The van der Waals surface area contributed by atoms with Gasteiger partial charge >= 0.3 is 17.9 Å². The van der Waals surface area contributed by atoms with Gasteiger partial charge in [-0.2, -0.15) is 0 Å². The quantitative estimate of drug-likeness (QED) is 0.0261. The first-order valence-corrected chi connectivity index (χ1v) is 28.6. The topological polar surface area (TPSA) is 78.9 Å². The van der Waals surface area contributed by atoms with Crippen LogP contribution in [-0.2, 0) is 28.6 Å². The Morgan fingerprint density at radius 2 is 0.507 bits per heavy atom. The summed E-state index contributed by atoms with van der Waals surface area (Å²) >= 11 is 0. The lowest BCUT2D eigenvalue weighted by Crippen LogP contribution is -2.30. The maximum absolute atomic E-state index is 12.8. The fraction of sp³-hybridized carbons (Fsp3) is 0.464. The second-order valence-electron chi connectivity index (χ2n) is 17.7. The Balaban J connectivity index is 4.78.